The number of piperazine rings is 1. The van der Waals surface area contributed by atoms with Gasteiger partial charge in [-0.1, -0.05) is 19.3 Å². The lowest BCUT2D eigenvalue weighted by molar-refractivity contribution is -0.132. The van der Waals surface area contributed by atoms with E-state index in [1.807, 2.05) is 4.90 Å². The SMILES string of the molecule is NCCC(=O)N1CCN(CC2CCCCC2)CC1. The zero-order valence-corrected chi connectivity index (χ0v) is 11.4. The Bertz CT molecular complexity index is 256. The zero-order chi connectivity index (χ0) is 12.8. The molecule has 1 saturated heterocycles. The van der Waals surface area contributed by atoms with Gasteiger partial charge in [-0.15, -0.1) is 0 Å². The minimum absolute atomic E-state index is 0.231. The molecular weight excluding hydrogens is 226 g/mol. The predicted molar refractivity (Wildman–Crippen MR) is 73.3 cm³/mol. The highest BCUT2D eigenvalue weighted by Crippen LogP contribution is 2.24. The van der Waals surface area contributed by atoms with Crippen LogP contribution in [-0.2, 0) is 4.79 Å². The van der Waals surface area contributed by atoms with E-state index >= 15 is 0 Å². The summed E-state index contributed by atoms with van der Waals surface area (Å²) in [6.07, 6.45) is 7.58. The molecule has 18 heavy (non-hydrogen) atoms. The molecule has 2 rings (SSSR count). The molecule has 1 aliphatic heterocycles. The molecule has 1 amide bonds. The van der Waals surface area contributed by atoms with Crippen LogP contribution in [0.15, 0.2) is 0 Å². The maximum absolute atomic E-state index is 11.7. The third-order valence-electron chi connectivity index (χ3n) is 4.32. The normalized spacial score (nSPS) is 23.3. The molecule has 0 bridgehead atoms. The van der Waals surface area contributed by atoms with E-state index in [1.54, 1.807) is 0 Å². The summed E-state index contributed by atoms with van der Waals surface area (Å²) in [6, 6.07) is 0. The first-order valence-corrected chi connectivity index (χ1v) is 7.50. The molecule has 0 radical (unpaired) electrons. The number of amides is 1. The van der Waals surface area contributed by atoms with Crippen LogP contribution < -0.4 is 5.73 Å². The summed E-state index contributed by atoms with van der Waals surface area (Å²) in [4.78, 5) is 16.2. The maximum Gasteiger partial charge on any atom is 0.223 e. The van der Waals surface area contributed by atoms with Crippen molar-refractivity contribution in [2.75, 3.05) is 39.3 Å². The second-order valence-electron chi connectivity index (χ2n) is 5.72. The van der Waals surface area contributed by atoms with E-state index in [2.05, 4.69) is 4.90 Å². The first-order valence-electron chi connectivity index (χ1n) is 7.50. The molecule has 0 aromatic rings. The molecule has 0 unspecified atom stereocenters. The van der Waals surface area contributed by atoms with E-state index in [0.717, 1.165) is 32.1 Å². The van der Waals surface area contributed by atoms with Gasteiger partial charge in [-0.3, -0.25) is 9.69 Å². The average Bonchev–Trinajstić information content (AvgIpc) is 2.41. The molecular formula is C14H27N3O. The number of nitrogens with two attached hydrogens (primary N) is 1. The number of rotatable bonds is 4. The molecule has 1 heterocycles. The van der Waals surface area contributed by atoms with Crippen LogP contribution >= 0.6 is 0 Å². The van der Waals surface area contributed by atoms with Gasteiger partial charge in [0, 0.05) is 45.7 Å². The third-order valence-corrected chi connectivity index (χ3v) is 4.32. The molecule has 104 valence electrons. The fourth-order valence-electron chi connectivity index (χ4n) is 3.20. The first kappa shape index (κ1) is 13.8. The second-order valence-corrected chi connectivity index (χ2v) is 5.72. The molecule has 4 heteroatoms. The van der Waals surface area contributed by atoms with Crippen molar-refractivity contribution in [2.24, 2.45) is 11.7 Å². The van der Waals surface area contributed by atoms with Crippen molar-refractivity contribution in [3.63, 3.8) is 0 Å². The second kappa shape index (κ2) is 7.10. The average molecular weight is 253 g/mol. The van der Waals surface area contributed by atoms with Crippen molar-refractivity contribution in [3.8, 4) is 0 Å². The van der Waals surface area contributed by atoms with Gasteiger partial charge in [0.1, 0.15) is 0 Å². The summed E-state index contributed by atoms with van der Waals surface area (Å²) in [6.45, 7) is 5.61. The Balaban J connectivity index is 1.68. The Morgan fingerprint density at radius 1 is 1.06 bits per heavy atom. The molecule has 0 aromatic heterocycles. The van der Waals surface area contributed by atoms with Gasteiger partial charge in [0.15, 0.2) is 0 Å². The van der Waals surface area contributed by atoms with Crippen molar-refractivity contribution in [1.29, 1.82) is 0 Å². The largest absolute Gasteiger partial charge is 0.340 e. The van der Waals surface area contributed by atoms with Crippen LogP contribution in [0.2, 0.25) is 0 Å². The van der Waals surface area contributed by atoms with Gasteiger partial charge < -0.3 is 10.6 Å². The number of hydrogen-bond donors (Lipinski definition) is 1. The quantitative estimate of drug-likeness (QED) is 0.815. The number of nitrogens with zero attached hydrogens (tertiary/aromatic N) is 2. The van der Waals surface area contributed by atoms with Crippen LogP contribution in [0.1, 0.15) is 38.5 Å². The highest BCUT2D eigenvalue weighted by molar-refractivity contribution is 5.76. The first-order chi connectivity index (χ1) is 8.79. The molecule has 2 fully saturated rings. The standard InChI is InChI=1S/C14H27N3O/c15-7-6-14(18)17-10-8-16(9-11-17)12-13-4-2-1-3-5-13/h13H,1-12,15H2. The van der Waals surface area contributed by atoms with Crippen LogP contribution in [0, 0.1) is 5.92 Å². The van der Waals surface area contributed by atoms with E-state index in [4.69, 9.17) is 5.73 Å². The summed E-state index contributed by atoms with van der Waals surface area (Å²) >= 11 is 0. The van der Waals surface area contributed by atoms with E-state index in [0.29, 0.717) is 13.0 Å². The molecule has 4 nitrogen and oxygen atoms in total. The van der Waals surface area contributed by atoms with Crippen molar-refractivity contribution in [1.82, 2.24) is 9.80 Å². The monoisotopic (exact) mass is 253 g/mol. The van der Waals surface area contributed by atoms with E-state index in [9.17, 15) is 4.79 Å². The summed E-state index contributed by atoms with van der Waals surface area (Å²) in [5.74, 6) is 1.14. The van der Waals surface area contributed by atoms with Crippen molar-refractivity contribution < 1.29 is 4.79 Å². The van der Waals surface area contributed by atoms with Gasteiger partial charge in [0.05, 0.1) is 0 Å². The smallest absolute Gasteiger partial charge is 0.223 e. The third kappa shape index (κ3) is 3.95. The summed E-state index contributed by atoms with van der Waals surface area (Å²) in [5.41, 5.74) is 5.43. The Morgan fingerprint density at radius 3 is 2.33 bits per heavy atom. The molecule has 2 aliphatic rings. The van der Waals surface area contributed by atoms with Crippen LogP contribution in [0.4, 0.5) is 0 Å². The highest BCUT2D eigenvalue weighted by Gasteiger charge is 2.23. The van der Waals surface area contributed by atoms with Gasteiger partial charge in [-0.25, -0.2) is 0 Å². The lowest BCUT2D eigenvalue weighted by Crippen LogP contribution is -2.50. The molecule has 0 atom stereocenters. The van der Waals surface area contributed by atoms with Crippen molar-refractivity contribution in [2.45, 2.75) is 38.5 Å². The molecule has 2 N–H and O–H groups in total. The van der Waals surface area contributed by atoms with Crippen LogP contribution in [0.5, 0.6) is 0 Å². The van der Waals surface area contributed by atoms with E-state index < -0.39 is 0 Å². The van der Waals surface area contributed by atoms with Gasteiger partial charge in [0.2, 0.25) is 5.91 Å². The van der Waals surface area contributed by atoms with Crippen LogP contribution in [-0.4, -0.2) is 55.0 Å². The fourth-order valence-corrected chi connectivity index (χ4v) is 3.20. The Hall–Kier alpha value is -0.610. The summed E-state index contributed by atoms with van der Waals surface area (Å²) < 4.78 is 0. The van der Waals surface area contributed by atoms with Gasteiger partial charge in [0.25, 0.3) is 0 Å². The lowest BCUT2D eigenvalue weighted by Gasteiger charge is -2.37. The Kier molecular flexibility index (Phi) is 5.45. The number of carbonyl (C=O) groups excluding carboxylic acids is 1. The van der Waals surface area contributed by atoms with Crippen molar-refractivity contribution >= 4 is 5.91 Å². The molecule has 0 spiro atoms. The number of hydrogen-bond acceptors (Lipinski definition) is 3. The lowest BCUT2D eigenvalue weighted by atomic mass is 9.89. The fraction of sp³-hybridized carbons (Fsp3) is 0.929. The molecule has 1 saturated carbocycles. The van der Waals surface area contributed by atoms with Gasteiger partial charge in [-0.2, -0.15) is 0 Å². The van der Waals surface area contributed by atoms with Crippen LogP contribution in [0.25, 0.3) is 0 Å². The summed E-state index contributed by atoms with van der Waals surface area (Å²) in [7, 11) is 0. The Morgan fingerprint density at radius 2 is 1.72 bits per heavy atom. The number of carbonyl (C=O) groups is 1. The molecule has 1 aliphatic carbocycles. The van der Waals surface area contributed by atoms with Crippen LogP contribution in [0.3, 0.4) is 0 Å². The zero-order valence-electron chi connectivity index (χ0n) is 11.4. The molecule has 0 aromatic carbocycles. The minimum atomic E-state index is 0.231. The van der Waals surface area contributed by atoms with Crippen molar-refractivity contribution in [3.05, 3.63) is 0 Å². The van der Waals surface area contributed by atoms with E-state index in [1.165, 1.54) is 38.6 Å². The van der Waals surface area contributed by atoms with Gasteiger partial charge >= 0.3 is 0 Å². The van der Waals surface area contributed by atoms with E-state index in [-0.39, 0.29) is 5.91 Å². The predicted octanol–water partition coefficient (Wildman–Crippen LogP) is 1.06. The maximum atomic E-state index is 11.7. The topological polar surface area (TPSA) is 49.6 Å². The summed E-state index contributed by atoms with van der Waals surface area (Å²) in [5, 5.41) is 0. The highest BCUT2D eigenvalue weighted by atomic mass is 16.2. The van der Waals surface area contributed by atoms with Gasteiger partial charge in [-0.05, 0) is 18.8 Å². The minimum Gasteiger partial charge on any atom is -0.340 e. The Labute approximate surface area is 110 Å².